The van der Waals surface area contributed by atoms with Gasteiger partial charge in [-0.05, 0) is 61.6 Å². The normalized spacial score (nSPS) is 13.6. The van der Waals surface area contributed by atoms with Gasteiger partial charge in [0.05, 0.1) is 10.5 Å². The van der Waals surface area contributed by atoms with Crippen LogP contribution in [-0.4, -0.2) is 22.9 Å². The molecule has 1 N–H and O–H groups in total. The molecule has 0 radical (unpaired) electrons. The monoisotopic (exact) mass is 372 g/mol. The molecule has 0 aromatic heterocycles. The van der Waals surface area contributed by atoms with E-state index in [2.05, 4.69) is 5.32 Å². The molecule has 1 atom stereocenters. The van der Waals surface area contributed by atoms with Crippen molar-refractivity contribution in [2.75, 3.05) is 5.32 Å². The Morgan fingerprint density at radius 1 is 1.19 bits per heavy atom. The summed E-state index contributed by atoms with van der Waals surface area (Å²) in [5, 5.41) is 13.1. The molecule has 3 rings (SSSR count). The maximum absolute atomic E-state index is 13.3. The summed E-state index contributed by atoms with van der Waals surface area (Å²) in [6, 6.07) is 8.31. The van der Waals surface area contributed by atoms with E-state index in [9.17, 15) is 24.1 Å². The van der Waals surface area contributed by atoms with Gasteiger partial charge >= 0.3 is 11.7 Å². The van der Waals surface area contributed by atoms with Crippen LogP contribution < -0.4 is 5.32 Å². The third-order valence-electron chi connectivity index (χ3n) is 4.40. The fourth-order valence-electron chi connectivity index (χ4n) is 2.96. The second kappa shape index (κ2) is 7.53. The minimum absolute atomic E-state index is 0.0357. The van der Waals surface area contributed by atoms with E-state index < -0.39 is 34.4 Å². The van der Waals surface area contributed by atoms with Gasteiger partial charge in [-0.3, -0.25) is 14.9 Å². The number of hydrogen-bond donors (Lipinski definition) is 1. The number of nitrogens with zero attached hydrogens (tertiary/aromatic N) is 1. The maximum Gasteiger partial charge on any atom is 0.338 e. The highest BCUT2D eigenvalue weighted by Crippen LogP contribution is 2.24. The zero-order valence-corrected chi connectivity index (χ0v) is 14.5. The first-order valence-electron chi connectivity index (χ1n) is 8.43. The van der Waals surface area contributed by atoms with Gasteiger partial charge in [0.2, 0.25) is 5.82 Å². The largest absolute Gasteiger partial charge is 0.449 e. The molecule has 0 heterocycles. The molecular weight excluding hydrogens is 355 g/mol. The van der Waals surface area contributed by atoms with Crippen LogP contribution in [0.2, 0.25) is 0 Å². The van der Waals surface area contributed by atoms with Crippen molar-refractivity contribution in [2.45, 2.75) is 32.3 Å². The van der Waals surface area contributed by atoms with Gasteiger partial charge in [0, 0.05) is 11.8 Å². The quantitative estimate of drug-likeness (QED) is 0.493. The number of amides is 1. The van der Waals surface area contributed by atoms with Crippen LogP contribution in [0, 0.1) is 15.9 Å². The maximum atomic E-state index is 13.3. The number of hydrogen-bond acceptors (Lipinski definition) is 5. The number of anilines is 1. The van der Waals surface area contributed by atoms with E-state index in [0.717, 1.165) is 37.0 Å². The Kier molecular flexibility index (Phi) is 5.16. The second-order valence-electron chi connectivity index (χ2n) is 6.30. The standard InChI is InChI=1S/C19H17FN2O5/c1-11(18(23)21-15-7-8-16(20)17(10-15)22(25)26)27-19(24)14-6-5-12-3-2-4-13(12)9-14/h5-11H,2-4H2,1H3,(H,21,23)/t11-/m1/s1. The SMILES string of the molecule is C[C@@H](OC(=O)c1ccc2c(c1)CCC2)C(=O)Nc1ccc(F)c([N+](=O)[O-])c1. The number of carbonyl (C=O) groups is 2. The number of nitro groups is 1. The first kappa shape index (κ1) is 18.5. The van der Waals surface area contributed by atoms with Crippen LogP contribution in [0.3, 0.4) is 0 Å². The summed E-state index contributed by atoms with van der Waals surface area (Å²) in [6.45, 7) is 1.39. The van der Waals surface area contributed by atoms with Crippen LogP contribution in [-0.2, 0) is 22.4 Å². The van der Waals surface area contributed by atoms with Crippen LogP contribution in [0.4, 0.5) is 15.8 Å². The Bertz CT molecular complexity index is 928. The third kappa shape index (κ3) is 4.11. The Labute approximate surface area is 154 Å². The molecule has 0 saturated heterocycles. The number of esters is 1. The average Bonchev–Trinajstić information content (AvgIpc) is 3.10. The van der Waals surface area contributed by atoms with E-state index >= 15 is 0 Å². The topological polar surface area (TPSA) is 98.5 Å². The van der Waals surface area contributed by atoms with Crippen molar-refractivity contribution in [3.05, 3.63) is 69.0 Å². The van der Waals surface area contributed by atoms with E-state index in [0.29, 0.717) is 5.56 Å². The summed E-state index contributed by atoms with van der Waals surface area (Å²) in [7, 11) is 0. The zero-order valence-electron chi connectivity index (χ0n) is 14.5. The van der Waals surface area contributed by atoms with Crippen LogP contribution >= 0.6 is 0 Å². The molecule has 0 saturated carbocycles. The molecule has 0 aliphatic heterocycles. The average molecular weight is 372 g/mol. The molecule has 140 valence electrons. The lowest BCUT2D eigenvalue weighted by Gasteiger charge is -2.14. The predicted octanol–water partition coefficient (Wildman–Crippen LogP) is 3.41. The lowest BCUT2D eigenvalue weighted by Crippen LogP contribution is -2.30. The van der Waals surface area contributed by atoms with Crippen molar-refractivity contribution < 1.29 is 23.6 Å². The number of rotatable bonds is 5. The minimum Gasteiger partial charge on any atom is -0.449 e. The zero-order chi connectivity index (χ0) is 19.6. The number of nitro benzene ring substituents is 1. The van der Waals surface area contributed by atoms with Gasteiger partial charge in [0.25, 0.3) is 5.91 Å². The van der Waals surface area contributed by atoms with E-state index in [-0.39, 0.29) is 5.69 Å². The molecule has 2 aromatic carbocycles. The third-order valence-corrected chi connectivity index (χ3v) is 4.40. The van der Waals surface area contributed by atoms with Gasteiger partial charge in [0.15, 0.2) is 6.10 Å². The first-order chi connectivity index (χ1) is 12.8. The van der Waals surface area contributed by atoms with Crippen molar-refractivity contribution in [2.24, 2.45) is 0 Å². The molecule has 2 aromatic rings. The molecule has 1 aliphatic carbocycles. The number of benzene rings is 2. The summed E-state index contributed by atoms with van der Waals surface area (Å²) in [6.07, 6.45) is 1.83. The predicted molar refractivity (Wildman–Crippen MR) is 95.0 cm³/mol. The summed E-state index contributed by atoms with van der Waals surface area (Å²) in [5.41, 5.74) is 1.98. The number of aryl methyl sites for hydroxylation is 2. The molecule has 7 nitrogen and oxygen atoms in total. The van der Waals surface area contributed by atoms with Crippen LogP contribution in [0.25, 0.3) is 0 Å². The number of carbonyl (C=O) groups excluding carboxylic acids is 2. The summed E-state index contributed by atoms with van der Waals surface area (Å²) in [5.74, 6) is -2.31. The van der Waals surface area contributed by atoms with Gasteiger partial charge in [-0.1, -0.05) is 6.07 Å². The molecule has 8 heteroatoms. The van der Waals surface area contributed by atoms with Crippen LogP contribution in [0.5, 0.6) is 0 Å². The minimum atomic E-state index is -1.13. The van der Waals surface area contributed by atoms with Crippen molar-refractivity contribution in [3.63, 3.8) is 0 Å². The fraction of sp³-hybridized carbons (Fsp3) is 0.263. The molecule has 27 heavy (non-hydrogen) atoms. The molecule has 0 bridgehead atoms. The number of fused-ring (bicyclic) bond motifs is 1. The van der Waals surface area contributed by atoms with Crippen molar-refractivity contribution >= 4 is 23.3 Å². The summed E-state index contributed by atoms with van der Waals surface area (Å²) < 4.78 is 18.5. The fourth-order valence-corrected chi connectivity index (χ4v) is 2.96. The Hall–Kier alpha value is -3.29. The van der Waals surface area contributed by atoms with Gasteiger partial charge < -0.3 is 10.1 Å². The van der Waals surface area contributed by atoms with E-state index in [1.807, 2.05) is 6.07 Å². The number of nitrogens with one attached hydrogen (secondary N) is 1. The molecule has 1 amide bonds. The number of ether oxygens (including phenoxy) is 1. The Morgan fingerprint density at radius 2 is 1.93 bits per heavy atom. The van der Waals surface area contributed by atoms with Gasteiger partial charge in [-0.2, -0.15) is 4.39 Å². The van der Waals surface area contributed by atoms with Crippen molar-refractivity contribution in [1.29, 1.82) is 0 Å². The van der Waals surface area contributed by atoms with Crippen LogP contribution in [0.15, 0.2) is 36.4 Å². The highest BCUT2D eigenvalue weighted by atomic mass is 19.1. The molecule has 0 spiro atoms. The van der Waals surface area contributed by atoms with E-state index in [1.54, 1.807) is 12.1 Å². The number of halogens is 1. The van der Waals surface area contributed by atoms with E-state index in [4.69, 9.17) is 4.74 Å². The van der Waals surface area contributed by atoms with Gasteiger partial charge in [-0.25, -0.2) is 4.79 Å². The lowest BCUT2D eigenvalue weighted by atomic mass is 10.1. The molecule has 0 fully saturated rings. The molecular formula is C19H17FN2O5. The first-order valence-corrected chi connectivity index (χ1v) is 8.43. The summed E-state index contributed by atoms with van der Waals surface area (Å²) >= 11 is 0. The van der Waals surface area contributed by atoms with Gasteiger partial charge in [-0.15, -0.1) is 0 Å². The van der Waals surface area contributed by atoms with E-state index in [1.165, 1.54) is 18.6 Å². The Balaban J connectivity index is 1.64. The van der Waals surface area contributed by atoms with Crippen LogP contribution in [0.1, 0.15) is 34.8 Å². The summed E-state index contributed by atoms with van der Waals surface area (Å²) in [4.78, 5) is 34.3. The highest BCUT2D eigenvalue weighted by molar-refractivity contribution is 5.97. The van der Waals surface area contributed by atoms with Crippen molar-refractivity contribution in [1.82, 2.24) is 0 Å². The lowest BCUT2D eigenvalue weighted by molar-refractivity contribution is -0.387. The second-order valence-corrected chi connectivity index (χ2v) is 6.30. The smallest absolute Gasteiger partial charge is 0.338 e. The molecule has 1 aliphatic rings. The Morgan fingerprint density at radius 3 is 2.67 bits per heavy atom. The van der Waals surface area contributed by atoms with Gasteiger partial charge in [0.1, 0.15) is 0 Å². The highest BCUT2D eigenvalue weighted by Gasteiger charge is 2.22. The van der Waals surface area contributed by atoms with Crippen molar-refractivity contribution in [3.8, 4) is 0 Å². The molecule has 0 unspecified atom stereocenters.